The van der Waals surface area contributed by atoms with Crippen molar-refractivity contribution in [2.24, 2.45) is 14.1 Å². The van der Waals surface area contributed by atoms with Crippen molar-refractivity contribution < 1.29 is 4.79 Å². The molecule has 152 valence electrons. The van der Waals surface area contributed by atoms with Crippen molar-refractivity contribution in [2.75, 3.05) is 11.1 Å². The first-order valence-electron chi connectivity index (χ1n) is 8.97. The Morgan fingerprint density at radius 2 is 1.83 bits per heavy atom. The van der Waals surface area contributed by atoms with E-state index < -0.39 is 11.2 Å². The normalized spacial score (nSPS) is 11.2. The standard InChI is InChI=1S/C20H21ClN4O3S/c1-11(2)14-9-22-18-16(19(27)25(4)20(28)24(18)3)17(14)29-10-15(26)23-13-7-5-12(21)6-8-13/h5-9,11H,10H2,1-4H3,(H,23,26). The van der Waals surface area contributed by atoms with Gasteiger partial charge in [-0.1, -0.05) is 25.4 Å². The first-order valence-corrected chi connectivity index (χ1v) is 10.3. The number of aryl methyl sites for hydroxylation is 1. The van der Waals surface area contributed by atoms with Gasteiger partial charge in [-0.25, -0.2) is 9.78 Å². The molecule has 7 nitrogen and oxygen atoms in total. The van der Waals surface area contributed by atoms with E-state index in [0.717, 1.165) is 10.1 Å². The van der Waals surface area contributed by atoms with Gasteiger partial charge in [-0.05, 0) is 35.7 Å². The molecule has 0 bridgehead atoms. The molecule has 0 radical (unpaired) electrons. The maximum atomic E-state index is 12.8. The van der Waals surface area contributed by atoms with Crippen molar-refractivity contribution in [1.29, 1.82) is 0 Å². The monoisotopic (exact) mass is 432 g/mol. The topological polar surface area (TPSA) is 86.0 Å². The summed E-state index contributed by atoms with van der Waals surface area (Å²) in [4.78, 5) is 42.5. The number of amides is 1. The van der Waals surface area contributed by atoms with Crippen molar-refractivity contribution in [3.8, 4) is 0 Å². The molecule has 3 aromatic rings. The molecule has 2 heterocycles. The van der Waals surface area contributed by atoms with E-state index in [1.807, 2.05) is 13.8 Å². The highest BCUT2D eigenvalue weighted by Gasteiger charge is 2.20. The zero-order valence-corrected chi connectivity index (χ0v) is 18.1. The highest BCUT2D eigenvalue weighted by Crippen LogP contribution is 2.32. The molecule has 0 fully saturated rings. The molecule has 0 aliphatic rings. The van der Waals surface area contributed by atoms with E-state index in [1.165, 1.54) is 23.4 Å². The predicted molar refractivity (Wildman–Crippen MR) is 117 cm³/mol. The van der Waals surface area contributed by atoms with Crippen molar-refractivity contribution >= 4 is 46.0 Å². The summed E-state index contributed by atoms with van der Waals surface area (Å²) in [7, 11) is 3.02. The highest BCUT2D eigenvalue weighted by molar-refractivity contribution is 8.00. The average Bonchev–Trinajstić information content (AvgIpc) is 2.69. The molecule has 29 heavy (non-hydrogen) atoms. The number of aromatic nitrogens is 3. The molecule has 0 unspecified atom stereocenters. The largest absolute Gasteiger partial charge is 0.332 e. The van der Waals surface area contributed by atoms with Gasteiger partial charge >= 0.3 is 5.69 Å². The fraction of sp³-hybridized carbons (Fsp3) is 0.300. The van der Waals surface area contributed by atoms with Gasteiger partial charge < -0.3 is 5.32 Å². The summed E-state index contributed by atoms with van der Waals surface area (Å²) in [5.74, 6) is -0.0118. The molecule has 0 aliphatic heterocycles. The van der Waals surface area contributed by atoms with Gasteiger partial charge in [0.05, 0.1) is 11.1 Å². The molecule has 1 N–H and O–H groups in total. The summed E-state index contributed by atoms with van der Waals surface area (Å²) < 4.78 is 2.41. The van der Waals surface area contributed by atoms with E-state index in [-0.39, 0.29) is 17.6 Å². The quantitative estimate of drug-likeness (QED) is 0.626. The molecule has 3 rings (SSSR count). The van der Waals surface area contributed by atoms with Crippen LogP contribution in [0.5, 0.6) is 0 Å². The Hall–Kier alpha value is -2.58. The lowest BCUT2D eigenvalue weighted by atomic mass is 10.0. The molecule has 0 saturated carbocycles. The number of thioether (sulfide) groups is 1. The number of hydrogen-bond donors (Lipinski definition) is 1. The minimum Gasteiger partial charge on any atom is -0.325 e. The Balaban J connectivity index is 1.99. The predicted octanol–water partition coefficient (Wildman–Crippen LogP) is 3.14. The van der Waals surface area contributed by atoms with Crippen molar-refractivity contribution in [2.45, 2.75) is 24.7 Å². The number of carbonyl (C=O) groups excluding carboxylic acids is 1. The second-order valence-electron chi connectivity index (χ2n) is 6.95. The lowest BCUT2D eigenvalue weighted by Gasteiger charge is -2.16. The fourth-order valence-electron chi connectivity index (χ4n) is 2.95. The number of hydrogen-bond acceptors (Lipinski definition) is 5. The molecule has 0 atom stereocenters. The summed E-state index contributed by atoms with van der Waals surface area (Å²) in [5.41, 5.74) is 0.949. The molecule has 0 saturated heterocycles. The molecule has 2 aromatic heterocycles. The summed E-state index contributed by atoms with van der Waals surface area (Å²) in [5, 5.41) is 3.75. The number of nitrogens with one attached hydrogen (secondary N) is 1. The van der Waals surface area contributed by atoms with Crippen LogP contribution in [0.4, 0.5) is 5.69 Å². The second-order valence-corrected chi connectivity index (χ2v) is 8.37. The number of anilines is 1. The van der Waals surface area contributed by atoms with Crippen molar-refractivity contribution in [3.05, 3.63) is 61.9 Å². The van der Waals surface area contributed by atoms with Gasteiger partial charge in [0.1, 0.15) is 5.65 Å². The molecule has 9 heteroatoms. The minimum absolute atomic E-state index is 0.0932. The second kappa shape index (κ2) is 8.42. The van der Waals surface area contributed by atoms with Gasteiger partial charge in [-0.2, -0.15) is 0 Å². The van der Waals surface area contributed by atoms with Crippen LogP contribution in [-0.4, -0.2) is 25.8 Å². The van der Waals surface area contributed by atoms with Gasteiger partial charge in [0, 0.05) is 35.9 Å². The van der Waals surface area contributed by atoms with Crippen LogP contribution in [0, 0.1) is 0 Å². The van der Waals surface area contributed by atoms with Gasteiger partial charge in [0.15, 0.2) is 0 Å². The van der Waals surface area contributed by atoms with E-state index in [4.69, 9.17) is 11.6 Å². The Kier molecular flexibility index (Phi) is 6.14. The number of fused-ring (bicyclic) bond motifs is 1. The highest BCUT2D eigenvalue weighted by atomic mass is 35.5. The molecule has 0 aliphatic carbocycles. The zero-order valence-electron chi connectivity index (χ0n) is 16.5. The van der Waals surface area contributed by atoms with E-state index in [9.17, 15) is 14.4 Å². The van der Waals surface area contributed by atoms with Crippen LogP contribution < -0.4 is 16.6 Å². The molecule has 0 spiro atoms. The molecule has 1 aromatic carbocycles. The van der Waals surface area contributed by atoms with Gasteiger partial charge in [-0.3, -0.25) is 18.7 Å². The molecule has 1 amide bonds. The lowest BCUT2D eigenvalue weighted by Crippen LogP contribution is -2.37. The summed E-state index contributed by atoms with van der Waals surface area (Å²) in [6, 6.07) is 6.83. The van der Waals surface area contributed by atoms with Gasteiger partial charge in [0.25, 0.3) is 5.56 Å². The Labute approximate surface area is 176 Å². The maximum Gasteiger partial charge on any atom is 0.332 e. The fourth-order valence-corrected chi connectivity index (χ4v) is 4.20. The van der Waals surface area contributed by atoms with Crippen LogP contribution in [-0.2, 0) is 18.9 Å². The smallest absolute Gasteiger partial charge is 0.325 e. The van der Waals surface area contributed by atoms with E-state index in [0.29, 0.717) is 26.6 Å². The SMILES string of the molecule is CC(C)c1cnc2c(c1SCC(=O)Nc1ccc(Cl)cc1)c(=O)n(C)c(=O)n2C. The first-order chi connectivity index (χ1) is 13.7. The number of rotatable bonds is 5. The minimum atomic E-state index is -0.441. The van der Waals surface area contributed by atoms with E-state index in [2.05, 4.69) is 10.3 Å². The third-order valence-corrected chi connectivity index (χ3v) is 5.93. The van der Waals surface area contributed by atoms with Gasteiger partial charge in [0.2, 0.25) is 5.91 Å². The van der Waals surface area contributed by atoms with Crippen molar-refractivity contribution in [3.63, 3.8) is 0 Å². The maximum absolute atomic E-state index is 12.8. The Morgan fingerprint density at radius 1 is 1.17 bits per heavy atom. The third kappa shape index (κ3) is 4.23. The summed E-state index contributed by atoms with van der Waals surface area (Å²) in [6.07, 6.45) is 1.67. The number of carbonyl (C=O) groups is 1. The number of nitrogens with zero attached hydrogens (tertiary/aromatic N) is 3. The van der Waals surface area contributed by atoms with E-state index in [1.54, 1.807) is 37.5 Å². The lowest BCUT2D eigenvalue weighted by molar-refractivity contribution is -0.113. The Morgan fingerprint density at radius 3 is 2.45 bits per heavy atom. The van der Waals surface area contributed by atoms with Crippen molar-refractivity contribution in [1.82, 2.24) is 14.1 Å². The third-order valence-electron chi connectivity index (χ3n) is 4.55. The number of pyridine rings is 1. The first kappa shape index (κ1) is 21.1. The average molecular weight is 433 g/mol. The van der Waals surface area contributed by atoms with Crippen LogP contribution in [0.3, 0.4) is 0 Å². The zero-order chi connectivity index (χ0) is 21.3. The van der Waals surface area contributed by atoms with E-state index >= 15 is 0 Å². The summed E-state index contributed by atoms with van der Waals surface area (Å²) >= 11 is 7.13. The van der Waals surface area contributed by atoms with Crippen LogP contribution >= 0.6 is 23.4 Å². The van der Waals surface area contributed by atoms with Crippen LogP contribution in [0.15, 0.2) is 44.9 Å². The van der Waals surface area contributed by atoms with Gasteiger partial charge in [-0.15, -0.1) is 11.8 Å². The number of halogens is 1. The summed E-state index contributed by atoms with van der Waals surface area (Å²) in [6.45, 7) is 3.99. The Bertz CT molecular complexity index is 1200. The number of benzene rings is 1. The molecular formula is C20H21ClN4O3S. The molecular weight excluding hydrogens is 412 g/mol. The van der Waals surface area contributed by atoms with Crippen LogP contribution in [0.25, 0.3) is 11.0 Å². The van der Waals surface area contributed by atoms with Crippen LogP contribution in [0.1, 0.15) is 25.3 Å². The van der Waals surface area contributed by atoms with Crippen LogP contribution in [0.2, 0.25) is 5.02 Å².